The molecular formula is C18H17FN4O5. The highest BCUT2D eigenvalue weighted by atomic mass is 19.1. The second kappa shape index (κ2) is 6.71. The average molecular weight is 388 g/mol. The largest absolute Gasteiger partial charge is 0.503 e. The van der Waals surface area contributed by atoms with Crippen LogP contribution in [0.15, 0.2) is 29.3 Å². The minimum absolute atomic E-state index is 0.0114. The zero-order chi connectivity index (χ0) is 20.0. The van der Waals surface area contributed by atoms with Crippen molar-refractivity contribution in [2.75, 3.05) is 6.61 Å². The summed E-state index contributed by atoms with van der Waals surface area (Å²) >= 11 is 0. The first-order valence-corrected chi connectivity index (χ1v) is 8.66. The van der Waals surface area contributed by atoms with E-state index in [1.54, 1.807) is 6.92 Å². The van der Waals surface area contributed by atoms with Crippen molar-refractivity contribution >= 4 is 11.8 Å². The Morgan fingerprint density at radius 2 is 2.25 bits per heavy atom. The van der Waals surface area contributed by atoms with Crippen LogP contribution < -0.4 is 10.7 Å². The third kappa shape index (κ3) is 2.82. The van der Waals surface area contributed by atoms with Crippen molar-refractivity contribution in [1.29, 1.82) is 0 Å². The number of carbonyl (C=O) groups excluding carboxylic acids is 2. The van der Waals surface area contributed by atoms with Gasteiger partial charge in [-0.1, -0.05) is 0 Å². The van der Waals surface area contributed by atoms with Crippen LogP contribution in [0.1, 0.15) is 33.5 Å². The van der Waals surface area contributed by atoms with Gasteiger partial charge in [0.15, 0.2) is 17.7 Å². The SMILES string of the molecule is C[C@H]1CO[C@@H]2Cn3cc(C(=O)NCc4ncccc4F)c(=O)c(O)c3C(=O)N12. The number of amides is 2. The Bertz CT molecular complexity index is 1040. The van der Waals surface area contributed by atoms with E-state index in [-0.39, 0.29) is 36.1 Å². The maximum atomic E-state index is 13.6. The lowest BCUT2D eigenvalue weighted by Crippen LogP contribution is -2.49. The van der Waals surface area contributed by atoms with Crippen molar-refractivity contribution in [3.8, 4) is 5.75 Å². The summed E-state index contributed by atoms with van der Waals surface area (Å²) in [5.74, 6) is -2.72. The van der Waals surface area contributed by atoms with Gasteiger partial charge in [-0.25, -0.2) is 4.39 Å². The Hall–Kier alpha value is -3.27. The first kappa shape index (κ1) is 18.1. The lowest BCUT2D eigenvalue weighted by molar-refractivity contribution is 0.00624. The molecule has 4 rings (SSSR count). The van der Waals surface area contributed by atoms with Gasteiger partial charge in [-0.05, 0) is 19.1 Å². The molecule has 2 atom stereocenters. The summed E-state index contributed by atoms with van der Waals surface area (Å²) in [6.45, 7) is 2.10. The van der Waals surface area contributed by atoms with Crippen molar-refractivity contribution in [2.24, 2.45) is 0 Å². The zero-order valence-electron chi connectivity index (χ0n) is 14.9. The molecule has 2 N–H and O–H groups in total. The maximum Gasteiger partial charge on any atom is 0.276 e. The normalized spacial score (nSPS) is 20.6. The van der Waals surface area contributed by atoms with Crippen molar-refractivity contribution in [1.82, 2.24) is 19.8 Å². The van der Waals surface area contributed by atoms with E-state index in [9.17, 15) is 23.9 Å². The summed E-state index contributed by atoms with van der Waals surface area (Å²) in [6.07, 6.45) is 2.06. The van der Waals surface area contributed by atoms with Gasteiger partial charge in [-0.3, -0.25) is 19.4 Å². The standard InChI is InChI=1S/C18H17FN4O5/c1-9-8-28-13-7-22-6-10(15(24)16(25)14(22)18(27)23(9)13)17(26)21-5-12-11(19)3-2-4-20-12/h2-4,6,9,13,25H,5,7-8H2,1H3,(H,21,26)/t9-,13+/m0/s1. The van der Waals surface area contributed by atoms with Crippen LogP contribution >= 0.6 is 0 Å². The first-order chi connectivity index (χ1) is 13.4. The summed E-state index contributed by atoms with van der Waals surface area (Å²) < 4.78 is 20.5. The molecule has 146 valence electrons. The predicted octanol–water partition coefficient (Wildman–Crippen LogP) is 0.219. The van der Waals surface area contributed by atoms with E-state index in [0.717, 1.165) is 0 Å². The molecular weight excluding hydrogens is 371 g/mol. The van der Waals surface area contributed by atoms with E-state index in [1.807, 2.05) is 0 Å². The zero-order valence-corrected chi connectivity index (χ0v) is 14.9. The molecule has 2 amide bonds. The molecule has 2 aromatic heterocycles. The highest BCUT2D eigenvalue weighted by molar-refractivity contribution is 5.99. The lowest BCUT2D eigenvalue weighted by Gasteiger charge is -2.33. The van der Waals surface area contributed by atoms with Crippen molar-refractivity contribution in [3.63, 3.8) is 0 Å². The fourth-order valence-electron chi connectivity index (χ4n) is 3.44. The summed E-state index contributed by atoms with van der Waals surface area (Å²) in [7, 11) is 0. The Morgan fingerprint density at radius 3 is 3.00 bits per heavy atom. The Morgan fingerprint density at radius 1 is 1.46 bits per heavy atom. The number of fused-ring (bicyclic) bond motifs is 2. The van der Waals surface area contributed by atoms with Crippen molar-refractivity contribution < 1.29 is 23.8 Å². The molecule has 0 aromatic carbocycles. The Kier molecular flexibility index (Phi) is 4.34. The molecule has 2 aliphatic rings. The van der Waals surface area contributed by atoms with Crippen LogP contribution in [0, 0.1) is 5.82 Å². The van der Waals surface area contributed by atoms with Crippen LogP contribution in [0.5, 0.6) is 5.75 Å². The third-order valence-electron chi connectivity index (χ3n) is 4.86. The molecule has 0 spiro atoms. The number of pyridine rings is 2. The number of aromatic nitrogens is 2. The van der Waals surface area contributed by atoms with Crippen LogP contribution in [0.2, 0.25) is 0 Å². The number of aromatic hydroxyl groups is 1. The molecule has 0 aliphatic carbocycles. The number of nitrogens with one attached hydrogen (secondary N) is 1. The second-order valence-corrected chi connectivity index (χ2v) is 6.69. The van der Waals surface area contributed by atoms with E-state index >= 15 is 0 Å². The number of nitrogens with zero attached hydrogens (tertiary/aromatic N) is 3. The number of ether oxygens (including phenoxy) is 1. The van der Waals surface area contributed by atoms with E-state index in [4.69, 9.17) is 4.74 Å². The molecule has 0 saturated carbocycles. The number of halogens is 1. The van der Waals surface area contributed by atoms with Gasteiger partial charge in [0.05, 0.1) is 31.4 Å². The molecule has 0 unspecified atom stereocenters. The molecule has 1 saturated heterocycles. The highest BCUT2D eigenvalue weighted by Crippen LogP contribution is 2.29. The van der Waals surface area contributed by atoms with Crippen LogP contribution in [0.25, 0.3) is 0 Å². The highest BCUT2D eigenvalue weighted by Gasteiger charge is 2.42. The number of hydrogen-bond donors (Lipinski definition) is 2. The summed E-state index contributed by atoms with van der Waals surface area (Å²) in [5, 5.41) is 12.7. The topological polar surface area (TPSA) is 114 Å². The molecule has 10 heteroatoms. The quantitative estimate of drug-likeness (QED) is 0.778. The van der Waals surface area contributed by atoms with E-state index in [0.29, 0.717) is 6.61 Å². The Labute approximate surface area is 158 Å². The molecule has 2 aliphatic heterocycles. The van der Waals surface area contributed by atoms with Gasteiger partial charge in [0.1, 0.15) is 11.4 Å². The first-order valence-electron chi connectivity index (χ1n) is 8.66. The van der Waals surface area contributed by atoms with E-state index in [2.05, 4.69) is 10.3 Å². The van der Waals surface area contributed by atoms with Gasteiger partial charge >= 0.3 is 0 Å². The maximum absolute atomic E-state index is 13.6. The van der Waals surface area contributed by atoms with Crippen molar-refractivity contribution in [3.05, 3.63) is 57.5 Å². The van der Waals surface area contributed by atoms with Gasteiger partial charge in [0.25, 0.3) is 11.8 Å². The Balaban J connectivity index is 1.64. The average Bonchev–Trinajstić information content (AvgIpc) is 3.04. The molecule has 28 heavy (non-hydrogen) atoms. The van der Waals surface area contributed by atoms with Gasteiger partial charge in [0.2, 0.25) is 5.43 Å². The minimum atomic E-state index is -0.968. The molecule has 0 bridgehead atoms. The van der Waals surface area contributed by atoms with Gasteiger partial charge in [-0.15, -0.1) is 0 Å². The molecule has 9 nitrogen and oxygen atoms in total. The molecule has 2 aromatic rings. The van der Waals surface area contributed by atoms with Gasteiger partial charge in [0, 0.05) is 12.4 Å². The van der Waals surface area contributed by atoms with Crippen molar-refractivity contribution in [2.45, 2.75) is 32.3 Å². The van der Waals surface area contributed by atoms with E-state index in [1.165, 1.54) is 34.0 Å². The smallest absolute Gasteiger partial charge is 0.276 e. The second-order valence-electron chi connectivity index (χ2n) is 6.69. The summed E-state index contributed by atoms with van der Waals surface area (Å²) in [4.78, 5) is 42.9. The molecule has 1 fully saturated rings. The van der Waals surface area contributed by atoms with Crippen LogP contribution in [-0.2, 0) is 17.8 Å². The third-order valence-corrected chi connectivity index (χ3v) is 4.86. The number of carbonyl (C=O) groups is 2. The monoisotopic (exact) mass is 388 g/mol. The minimum Gasteiger partial charge on any atom is -0.503 e. The fourth-order valence-corrected chi connectivity index (χ4v) is 3.44. The summed E-state index contributed by atoms with van der Waals surface area (Å²) in [6, 6.07) is 2.44. The van der Waals surface area contributed by atoms with Gasteiger partial charge in [-0.2, -0.15) is 0 Å². The van der Waals surface area contributed by atoms with Crippen LogP contribution in [-0.4, -0.2) is 50.2 Å². The van der Waals surface area contributed by atoms with E-state index < -0.39 is 35.0 Å². The lowest BCUT2D eigenvalue weighted by atomic mass is 10.1. The van der Waals surface area contributed by atoms with Crippen LogP contribution in [0.4, 0.5) is 4.39 Å². The fraction of sp³-hybridized carbons (Fsp3) is 0.333. The molecule has 4 heterocycles. The van der Waals surface area contributed by atoms with Gasteiger partial charge < -0.3 is 24.6 Å². The van der Waals surface area contributed by atoms with Crippen LogP contribution in [0.3, 0.4) is 0 Å². The molecule has 0 radical (unpaired) electrons. The number of rotatable bonds is 3. The predicted molar refractivity (Wildman–Crippen MR) is 93.1 cm³/mol. The summed E-state index contributed by atoms with van der Waals surface area (Å²) in [5.41, 5.74) is -1.49. The number of hydrogen-bond acceptors (Lipinski definition) is 6.